The van der Waals surface area contributed by atoms with Gasteiger partial charge in [-0.1, -0.05) is 134 Å². The van der Waals surface area contributed by atoms with Crippen LogP contribution in [0.25, 0.3) is 18.2 Å². The van der Waals surface area contributed by atoms with E-state index in [1.54, 1.807) is 5.20 Å². The van der Waals surface area contributed by atoms with Crippen molar-refractivity contribution in [3.8, 4) is 0 Å². The number of hydrogen-bond donors (Lipinski definition) is 0. The van der Waals surface area contributed by atoms with Crippen LogP contribution in [0.4, 0.5) is 0 Å². The van der Waals surface area contributed by atoms with Gasteiger partial charge in [-0.05, 0) is 39.8 Å². The van der Waals surface area contributed by atoms with Gasteiger partial charge in [-0.3, -0.25) is 0 Å². The van der Waals surface area contributed by atoms with Crippen LogP contribution in [0.5, 0.6) is 0 Å². The van der Waals surface area contributed by atoms with Crippen LogP contribution >= 0.6 is 11.1 Å². The molecule has 0 bridgehead atoms. The monoisotopic (exact) mass is 496 g/mol. The second kappa shape index (κ2) is 9.33. The summed E-state index contributed by atoms with van der Waals surface area (Å²) in [5.74, 6) is 1.08. The molecule has 0 heterocycles. The fourth-order valence-corrected chi connectivity index (χ4v) is 8.62. The first-order valence-corrected chi connectivity index (χ1v) is 19.3. The van der Waals surface area contributed by atoms with E-state index in [0.717, 1.165) is 6.42 Å². The minimum absolute atomic E-state index is 0.519. The molecule has 3 aliphatic rings. The highest BCUT2D eigenvalue weighted by Crippen LogP contribution is 2.49. The van der Waals surface area contributed by atoms with Crippen molar-refractivity contribution in [1.29, 1.82) is 0 Å². The molecule has 0 saturated heterocycles. The van der Waals surface area contributed by atoms with E-state index in [4.69, 9.17) is 11.1 Å². The Bertz CT molecular complexity index is 1310. The highest BCUT2D eigenvalue weighted by atomic mass is 35.6. The van der Waals surface area contributed by atoms with Crippen LogP contribution in [-0.4, -0.2) is 16.2 Å². The summed E-state index contributed by atoms with van der Waals surface area (Å²) >= 11 is 6.40. The minimum Gasteiger partial charge on any atom is -0.162 e. The van der Waals surface area contributed by atoms with Gasteiger partial charge in [0.05, 0.1) is 8.80 Å². The van der Waals surface area contributed by atoms with Gasteiger partial charge in [-0.25, -0.2) is 0 Å². The molecule has 0 N–H and O–H groups in total. The van der Waals surface area contributed by atoms with Crippen LogP contribution in [0.15, 0.2) is 89.3 Å². The molecular formula is C31H33ClSi2. The molecule has 3 heteroatoms. The van der Waals surface area contributed by atoms with Gasteiger partial charge in [0, 0.05) is 11.8 Å². The third-order valence-corrected chi connectivity index (χ3v) is 11.8. The molecule has 2 unspecified atom stereocenters. The zero-order valence-electron chi connectivity index (χ0n) is 20.6. The van der Waals surface area contributed by atoms with Crippen molar-refractivity contribution in [1.82, 2.24) is 0 Å². The predicted molar refractivity (Wildman–Crippen MR) is 156 cm³/mol. The molecule has 0 saturated carbocycles. The average molecular weight is 497 g/mol. The molecular weight excluding hydrogens is 464 g/mol. The summed E-state index contributed by atoms with van der Waals surface area (Å²) in [6, 6.07) is 26.4. The average Bonchev–Trinajstić information content (AvgIpc) is 3.53. The van der Waals surface area contributed by atoms with Gasteiger partial charge in [-0.2, -0.15) is 11.1 Å². The lowest BCUT2D eigenvalue weighted by atomic mass is 9.84. The fraction of sp³-hybridized carbons (Fsp3) is 0.226. The van der Waals surface area contributed by atoms with E-state index < -0.39 is 16.2 Å². The molecule has 3 aliphatic carbocycles. The van der Waals surface area contributed by atoms with Gasteiger partial charge in [-0.15, -0.1) is 0 Å². The summed E-state index contributed by atoms with van der Waals surface area (Å²) in [5, 5.41) is 3.16. The molecule has 3 aromatic rings. The zero-order chi connectivity index (χ0) is 23.9. The summed E-state index contributed by atoms with van der Waals surface area (Å²) in [6.07, 6.45) is 10.5. The molecule has 3 aromatic carbocycles. The van der Waals surface area contributed by atoms with E-state index in [1.807, 2.05) is 0 Å². The van der Waals surface area contributed by atoms with Crippen LogP contribution < -0.4 is 0 Å². The smallest absolute Gasteiger partial charge is 0.162 e. The summed E-state index contributed by atoms with van der Waals surface area (Å²) in [5.41, 5.74) is 8.66. The highest BCUT2D eigenvalue weighted by molar-refractivity contribution is 7.23. The van der Waals surface area contributed by atoms with Crippen LogP contribution in [0, 0.1) is 0 Å². The van der Waals surface area contributed by atoms with Crippen molar-refractivity contribution in [3.05, 3.63) is 123 Å². The van der Waals surface area contributed by atoms with Gasteiger partial charge in [0.1, 0.15) is 0 Å². The topological polar surface area (TPSA) is 0 Å². The van der Waals surface area contributed by atoms with E-state index in [-0.39, 0.29) is 0 Å². The largest absolute Gasteiger partial charge is 0.177 e. The maximum atomic E-state index is 6.40. The number of halogens is 1. The Kier molecular flexibility index (Phi) is 6.41. The van der Waals surface area contributed by atoms with E-state index in [1.165, 1.54) is 38.6 Å². The Hall–Kier alpha value is -2.40. The van der Waals surface area contributed by atoms with Crippen LogP contribution in [0.3, 0.4) is 0 Å². The summed E-state index contributed by atoms with van der Waals surface area (Å²) in [6.45, 7) is 9.28. The molecule has 172 valence electrons. The van der Waals surface area contributed by atoms with E-state index in [9.17, 15) is 0 Å². The number of hydrogen-bond acceptors (Lipinski definition) is 0. The van der Waals surface area contributed by atoms with Gasteiger partial charge in [0.2, 0.25) is 0 Å². The molecule has 6 rings (SSSR count). The molecule has 0 fully saturated rings. The van der Waals surface area contributed by atoms with E-state index in [0.29, 0.717) is 11.8 Å². The Morgan fingerprint density at radius 2 is 1.38 bits per heavy atom. The van der Waals surface area contributed by atoms with Crippen molar-refractivity contribution in [2.75, 3.05) is 0 Å². The second-order valence-corrected chi connectivity index (χ2v) is 19.8. The van der Waals surface area contributed by atoms with E-state index >= 15 is 0 Å². The maximum Gasteiger partial charge on any atom is 0.177 e. The summed E-state index contributed by atoms with van der Waals surface area (Å²) in [4.78, 5) is 0. The molecule has 0 radical (unpaired) electrons. The lowest BCUT2D eigenvalue weighted by Gasteiger charge is -2.25. The number of rotatable bonds is 3. The van der Waals surface area contributed by atoms with Crippen molar-refractivity contribution < 1.29 is 0 Å². The maximum absolute atomic E-state index is 6.40. The normalized spacial score (nSPS) is 19.7. The van der Waals surface area contributed by atoms with Crippen molar-refractivity contribution in [3.63, 3.8) is 0 Å². The van der Waals surface area contributed by atoms with Crippen molar-refractivity contribution >= 4 is 45.5 Å². The summed E-state index contributed by atoms with van der Waals surface area (Å²) in [7, 11) is -2.40. The Morgan fingerprint density at radius 1 is 0.765 bits per heavy atom. The Morgan fingerprint density at radius 3 is 2.06 bits per heavy atom. The number of fused-ring (bicyclic) bond motifs is 3. The van der Waals surface area contributed by atoms with Gasteiger partial charge < -0.3 is 0 Å². The molecule has 0 nitrogen and oxygen atoms in total. The molecule has 0 amide bonds. The van der Waals surface area contributed by atoms with Gasteiger partial charge in [0.15, 0.2) is 7.38 Å². The first-order valence-electron chi connectivity index (χ1n) is 12.4. The van der Waals surface area contributed by atoms with Gasteiger partial charge in [0.25, 0.3) is 0 Å². The van der Waals surface area contributed by atoms with Crippen LogP contribution in [0.2, 0.25) is 26.2 Å². The summed E-state index contributed by atoms with van der Waals surface area (Å²) < 4.78 is 0. The quantitative estimate of drug-likeness (QED) is 0.251. The molecule has 34 heavy (non-hydrogen) atoms. The predicted octanol–water partition coefficient (Wildman–Crippen LogP) is 8.61. The lowest BCUT2D eigenvalue weighted by molar-refractivity contribution is 0.745. The zero-order valence-corrected chi connectivity index (χ0v) is 23.5. The van der Waals surface area contributed by atoms with Gasteiger partial charge >= 0.3 is 0 Å². The first kappa shape index (κ1) is 23.4. The standard InChI is InChI=1S/C20H20Si.C11H13ClSi/c1-21(2)19-13-15-8-4-6-10-17(15)20(19)18-12-11-14-7-3-5-9-16(14)18;1-13(2,12)11-7-9-5-3-4-6-10(9)8-11/h3-13,18,20-21H,1-2H3;3-7H,8H2,1-2H3. The molecule has 0 aromatic heterocycles. The lowest BCUT2D eigenvalue weighted by Crippen LogP contribution is -2.20. The Labute approximate surface area is 212 Å². The van der Waals surface area contributed by atoms with E-state index in [2.05, 4.69) is 123 Å². The van der Waals surface area contributed by atoms with Crippen molar-refractivity contribution in [2.24, 2.45) is 0 Å². The number of allylic oxidation sites excluding steroid dienone is 3. The fourth-order valence-electron chi connectivity index (χ4n) is 5.53. The highest BCUT2D eigenvalue weighted by Gasteiger charge is 2.35. The first-order chi connectivity index (χ1) is 16.3. The molecule has 0 spiro atoms. The third-order valence-electron chi connectivity index (χ3n) is 7.41. The number of benzene rings is 3. The SMILES string of the molecule is C[SiH](C)C1=Cc2ccccc2C1C1C=Cc2ccccc21.C[Si](C)(Cl)C1=Cc2ccccc2C1. The second-order valence-electron chi connectivity index (χ2n) is 10.4. The molecule has 0 aliphatic heterocycles. The molecule has 2 atom stereocenters. The van der Waals surface area contributed by atoms with Crippen LogP contribution in [0.1, 0.15) is 45.2 Å². The Balaban J connectivity index is 0.000000159. The van der Waals surface area contributed by atoms with Crippen LogP contribution in [-0.2, 0) is 6.42 Å². The minimum atomic E-state index is -1.59. The van der Waals surface area contributed by atoms with Crippen molar-refractivity contribution in [2.45, 2.75) is 44.4 Å². The third kappa shape index (κ3) is 4.47.